The zero-order valence-electron chi connectivity index (χ0n) is 34.7. The molecule has 290 valence electrons. The van der Waals surface area contributed by atoms with E-state index < -0.39 is 0 Å². The molecular weight excluding hydrogens is 727 g/mol. The number of hydrogen-bond acceptors (Lipinski definition) is 2. The number of nitrogens with zero attached hydrogens (tertiary/aromatic N) is 2. The number of unbranched alkanes of at least 4 members (excludes halogenated alkanes) is 1. The average molecular weight is 775 g/mol. The Bertz CT molecular complexity index is 3050. The van der Waals surface area contributed by atoms with E-state index in [1.54, 1.807) is 0 Å². The lowest BCUT2D eigenvalue weighted by Gasteiger charge is -2.42. The first-order valence-electron chi connectivity index (χ1n) is 21.5. The van der Waals surface area contributed by atoms with Crippen molar-refractivity contribution in [2.75, 3.05) is 4.90 Å². The predicted molar refractivity (Wildman–Crippen MR) is 255 cm³/mol. The monoisotopic (exact) mass is 774 g/mol. The van der Waals surface area contributed by atoms with Crippen LogP contribution in [0.1, 0.15) is 51.7 Å². The number of rotatable bonds is 7. The highest BCUT2D eigenvalue weighted by molar-refractivity contribution is 6.99. The topological polar surface area (TPSA) is 17.4 Å². The van der Waals surface area contributed by atoms with Gasteiger partial charge in [-0.1, -0.05) is 162 Å². The van der Waals surface area contributed by atoms with Gasteiger partial charge >= 0.3 is 0 Å². The van der Waals surface area contributed by atoms with Crippen LogP contribution >= 0.6 is 0 Å². The van der Waals surface area contributed by atoms with Crippen LogP contribution in [0.4, 0.5) is 17.1 Å². The van der Waals surface area contributed by atoms with Gasteiger partial charge in [0.25, 0.3) is 6.71 Å². The maximum absolute atomic E-state index is 7.09. The number of benzene rings is 8. The molecule has 0 saturated heterocycles. The van der Waals surface area contributed by atoms with Crippen molar-refractivity contribution in [1.82, 2.24) is 4.57 Å². The molecule has 0 spiro atoms. The van der Waals surface area contributed by atoms with Gasteiger partial charge in [0.15, 0.2) is 0 Å². The lowest BCUT2D eigenvalue weighted by atomic mass is 9.34. The maximum atomic E-state index is 7.09. The molecule has 2 aliphatic rings. The highest BCUT2D eigenvalue weighted by Crippen LogP contribution is 2.46. The van der Waals surface area contributed by atoms with Crippen LogP contribution in [0.2, 0.25) is 0 Å². The summed E-state index contributed by atoms with van der Waals surface area (Å²) < 4.78 is 9.54. The van der Waals surface area contributed by atoms with Gasteiger partial charge in [0, 0.05) is 33.5 Å². The Hall–Kier alpha value is -6.78. The van der Waals surface area contributed by atoms with Crippen LogP contribution in [0, 0.1) is 0 Å². The fourth-order valence-electron chi connectivity index (χ4n) is 9.74. The molecule has 0 atom stereocenters. The van der Waals surface area contributed by atoms with Gasteiger partial charge in [-0.2, -0.15) is 0 Å². The summed E-state index contributed by atoms with van der Waals surface area (Å²) in [6, 6.07) is 65.1. The third-order valence-corrected chi connectivity index (χ3v) is 12.8. The van der Waals surface area contributed by atoms with Crippen LogP contribution in [0.15, 0.2) is 176 Å². The Morgan fingerprint density at radius 1 is 0.517 bits per heavy atom. The first-order chi connectivity index (χ1) is 29.4. The van der Waals surface area contributed by atoms with E-state index in [1.807, 2.05) is 0 Å². The molecule has 0 N–H and O–H groups in total. The molecule has 1 aromatic heterocycles. The highest BCUT2D eigenvalue weighted by atomic mass is 16.5. The summed E-state index contributed by atoms with van der Waals surface area (Å²) in [7, 11) is 0. The molecule has 0 amide bonds. The molecule has 0 saturated carbocycles. The number of hydrogen-bond donors (Lipinski definition) is 0. The fourth-order valence-corrected chi connectivity index (χ4v) is 9.74. The van der Waals surface area contributed by atoms with Gasteiger partial charge < -0.3 is 14.2 Å². The average Bonchev–Trinajstić information content (AvgIpc) is 3.62. The summed E-state index contributed by atoms with van der Waals surface area (Å²) in [6.45, 7) is 9.19. The lowest BCUT2D eigenvalue weighted by molar-refractivity contribution is 0.483. The molecule has 8 aromatic carbocycles. The molecule has 9 aromatic rings. The van der Waals surface area contributed by atoms with E-state index in [4.69, 9.17) is 4.74 Å². The van der Waals surface area contributed by atoms with Crippen molar-refractivity contribution in [2.24, 2.45) is 0 Å². The van der Waals surface area contributed by atoms with Crippen molar-refractivity contribution in [1.29, 1.82) is 0 Å². The summed E-state index contributed by atoms with van der Waals surface area (Å²) in [5.74, 6) is 1.86. The Labute approximate surface area is 353 Å². The number of anilines is 3. The smallest absolute Gasteiger partial charge is 0.256 e. The molecule has 0 aliphatic carbocycles. The summed E-state index contributed by atoms with van der Waals surface area (Å²) in [5, 5.41) is 2.52. The van der Waals surface area contributed by atoms with Crippen LogP contribution < -0.4 is 26.0 Å². The third-order valence-electron chi connectivity index (χ3n) is 12.8. The van der Waals surface area contributed by atoms with Gasteiger partial charge in [0.05, 0.1) is 11.0 Å². The Morgan fingerprint density at radius 2 is 1.15 bits per heavy atom. The quantitative estimate of drug-likeness (QED) is 0.150. The third kappa shape index (κ3) is 5.88. The summed E-state index contributed by atoms with van der Waals surface area (Å²) in [6.07, 6.45) is 3.23. The van der Waals surface area contributed by atoms with Crippen molar-refractivity contribution in [3.8, 4) is 39.4 Å². The van der Waals surface area contributed by atoms with Crippen molar-refractivity contribution in [2.45, 2.75) is 52.4 Å². The highest BCUT2D eigenvalue weighted by Gasteiger charge is 2.43. The van der Waals surface area contributed by atoms with Gasteiger partial charge in [0.1, 0.15) is 11.5 Å². The molecule has 60 heavy (non-hydrogen) atoms. The number of aryl methyl sites for hydroxylation is 1. The number of fused-ring (bicyclic) bond motifs is 7. The van der Waals surface area contributed by atoms with Crippen LogP contribution in [-0.2, 0) is 11.8 Å². The number of para-hydroxylation sites is 2. The van der Waals surface area contributed by atoms with Crippen molar-refractivity contribution < 1.29 is 4.74 Å². The van der Waals surface area contributed by atoms with Gasteiger partial charge in [-0.25, -0.2) is 0 Å². The van der Waals surface area contributed by atoms with E-state index in [0.29, 0.717) is 0 Å². The number of ether oxygens (including phenoxy) is 1. The molecule has 4 heteroatoms. The lowest BCUT2D eigenvalue weighted by Crippen LogP contribution is -2.59. The molecule has 2 aliphatic heterocycles. The first-order valence-corrected chi connectivity index (χ1v) is 21.5. The Morgan fingerprint density at radius 3 is 1.82 bits per heavy atom. The summed E-state index contributed by atoms with van der Waals surface area (Å²) in [4.78, 5) is 2.60. The summed E-state index contributed by atoms with van der Waals surface area (Å²) >= 11 is 0. The SMILES string of the molecule is CCCCc1ccc(-c2ccccc2)cc1N1c2cc(-n3c4ccccc4c4ccccc43)ccc2B2c3cc(-c4ccccc4)ccc3Oc3cc(C(C)(C)C)cc1c32. The molecule has 0 bridgehead atoms. The minimum Gasteiger partial charge on any atom is -0.458 e. The molecule has 0 fully saturated rings. The zero-order chi connectivity index (χ0) is 40.5. The van der Waals surface area contributed by atoms with Crippen LogP contribution in [0.25, 0.3) is 49.7 Å². The number of aromatic nitrogens is 1. The predicted octanol–water partition coefficient (Wildman–Crippen LogP) is 13.2. The van der Waals surface area contributed by atoms with Crippen molar-refractivity contribution in [3.05, 3.63) is 187 Å². The molecule has 0 unspecified atom stereocenters. The molecule has 3 nitrogen and oxygen atoms in total. The fraction of sp³-hybridized carbons (Fsp3) is 0.143. The van der Waals surface area contributed by atoms with E-state index in [9.17, 15) is 0 Å². The van der Waals surface area contributed by atoms with E-state index in [-0.39, 0.29) is 12.1 Å². The standard InChI is InChI=1S/C56H47BN2O/c1-5-6-17-39-26-27-41(38-20-11-8-12-21-38)33-50(39)59-51-36-43(58-48-24-15-13-22-44(48)45-23-14-16-25-49(45)58)29-30-46(51)57-47-32-40(37-18-9-7-10-19-37)28-31-53(47)60-54-35-42(56(2,3)4)34-52(59)55(54)57/h7-16,18-36H,5-6,17H2,1-4H3. The van der Waals surface area contributed by atoms with Gasteiger partial charge in [-0.3, -0.25) is 0 Å². The normalized spacial score (nSPS) is 12.9. The van der Waals surface area contributed by atoms with Crippen molar-refractivity contribution >= 4 is 62.0 Å². The largest absolute Gasteiger partial charge is 0.458 e. The first kappa shape index (κ1) is 36.3. The second-order valence-electron chi connectivity index (χ2n) is 17.6. The molecule has 3 heterocycles. The van der Waals surface area contributed by atoms with Crippen molar-refractivity contribution in [3.63, 3.8) is 0 Å². The van der Waals surface area contributed by atoms with Crippen LogP contribution in [-0.4, -0.2) is 11.3 Å². The van der Waals surface area contributed by atoms with E-state index in [1.165, 1.54) is 88.6 Å². The minimum absolute atomic E-state index is 0.0359. The van der Waals surface area contributed by atoms with E-state index >= 15 is 0 Å². The second-order valence-corrected chi connectivity index (χ2v) is 17.6. The second kappa shape index (κ2) is 14.2. The molecule has 11 rings (SSSR count). The van der Waals surface area contributed by atoms with E-state index in [2.05, 4.69) is 213 Å². The summed E-state index contributed by atoms with van der Waals surface area (Å²) in [5.41, 5.74) is 18.2. The Kier molecular flexibility index (Phi) is 8.60. The van der Waals surface area contributed by atoms with Gasteiger partial charge in [-0.15, -0.1) is 0 Å². The minimum atomic E-state index is -0.116. The molecule has 0 radical (unpaired) electrons. The van der Waals surface area contributed by atoms with Gasteiger partial charge in [0.2, 0.25) is 0 Å². The Balaban J connectivity index is 1.24. The zero-order valence-corrected chi connectivity index (χ0v) is 34.7. The van der Waals surface area contributed by atoms with Gasteiger partial charge in [-0.05, 0) is 117 Å². The van der Waals surface area contributed by atoms with Crippen LogP contribution in [0.5, 0.6) is 11.5 Å². The van der Waals surface area contributed by atoms with E-state index in [0.717, 1.165) is 36.4 Å². The molecular formula is C56H47BN2O. The van der Waals surface area contributed by atoms with Crippen LogP contribution in [0.3, 0.4) is 0 Å². The maximum Gasteiger partial charge on any atom is 0.256 e.